The maximum atomic E-state index is 10.0. The van der Waals surface area contributed by atoms with Crippen LogP contribution in [0.15, 0.2) is 0 Å². The third-order valence-corrected chi connectivity index (χ3v) is 1.03. The van der Waals surface area contributed by atoms with Gasteiger partial charge in [0.2, 0.25) is 0 Å². The van der Waals surface area contributed by atoms with Crippen molar-refractivity contribution in [3.05, 3.63) is 0 Å². The standard InChI is InChI=1S/C5H10O3.C4H10O2.2C3H6O.C2H6O/c1-5(6)8-4-3-7-2;1-2-6-4-3-5;2*1-3(2)4;1-2-3/h3-4H2,1-2H3;5H,2-4H2,1H3;2*1-2H3;3H,2H2,1H3. The molecule has 0 bridgehead atoms. The van der Waals surface area contributed by atoms with E-state index in [0.717, 1.165) is 0 Å². The highest BCUT2D eigenvalue weighted by Crippen LogP contribution is 1.74. The molecule has 0 unspecified atom stereocenters. The van der Waals surface area contributed by atoms with Gasteiger partial charge in [-0.05, 0) is 41.5 Å². The summed E-state index contributed by atoms with van der Waals surface area (Å²) in [6, 6.07) is 0. The molecular formula is C17H38O8. The van der Waals surface area contributed by atoms with Crippen molar-refractivity contribution in [2.75, 3.05) is 46.8 Å². The van der Waals surface area contributed by atoms with Gasteiger partial charge in [0.15, 0.2) is 0 Å². The van der Waals surface area contributed by atoms with Crippen LogP contribution in [0.5, 0.6) is 0 Å². The fourth-order valence-corrected chi connectivity index (χ4v) is 0.478. The van der Waals surface area contributed by atoms with Crippen molar-refractivity contribution in [3.8, 4) is 0 Å². The summed E-state index contributed by atoms with van der Waals surface area (Å²) < 4.78 is 13.9. The van der Waals surface area contributed by atoms with E-state index in [0.29, 0.717) is 26.4 Å². The van der Waals surface area contributed by atoms with Crippen molar-refractivity contribution < 1.29 is 38.8 Å². The number of aliphatic hydroxyl groups excluding tert-OH is 2. The van der Waals surface area contributed by atoms with E-state index >= 15 is 0 Å². The molecule has 25 heavy (non-hydrogen) atoms. The van der Waals surface area contributed by atoms with E-state index in [9.17, 15) is 14.4 Å². The van der Waals surface area contributed by atoms with Gasteiger partial charge in [-0.2, -0.15) is 0 Å². The van der Waals surface area contributed by atoms with Gasteiger partial charge in [0.1, 0.15) is 18.2 Å². The molecule has 2 N–H and O–H groups in total. The van der Waals surface area contributed by atoms with Crippen molar-refractivity contribution in [3.63, 3.8) is 0 Å². The molecule has 0 aromatic carbocycles. The topological polar surface area (TPSA) is 119 Å². The van der Waals surface area contributed by atoms with Crippen LogP contribution < -0.4 is 0 Å². The summed E-state index contributed by atoms with van der Waals surface area (Å²) in [5.41, 5.74) is 0. The molecule has 0 aliphatic rings. The van der Waals surface area contributed by atoms with Crippen LogP contribution in [0.25, 0.3) is 0 Å². The highest BCUT2D eigenvalue weighted by atomic mass is 16.6. The van der Waals surface area contributed by atoms with Gasteiger partial charge < -0.3 is 34.0 Å². The van der Waals surface area contributed by atoms with Gasteiger partial charge in [0, 0.05) is 27.2 Å². The van der Waals surface area contributed by atoms with Gasteiger partial charge >= 0.3 is 5.97 Å². The molecule has 8 heteroatoms. The highest BCUT2D eigenvalue weighted by molar-refractivity contribution is 5.72. The number of esters is 1. The third kappa shape index (κ3) is 218. The minimum atomic E-state index is -0.262. The van der Waals surface area contributed by atoms with Crippen LogP contribution in [-0.2, 0) is 28.6 Å². The predicted molar refractivity (Wildman–Crippen MR) is 97.6 cm³/mol. The molecule has 0 saturated heterocycles. The molecule has 0 aliphatic heterocycles. The summed E-state index contributed by atoms with van der Waals surface area (Å²) in [7, 11) is 1.56. The van der Waals surface area contributed by atoms with Gasteiger partial charge in [0.05, 0.1) is 19.8 Å². The second-order valence-corrected chi connectivity index (χ2v) is 4.39. The quantitative estimate of drug-likeness (QED) is 0.532. The Morgan fingerprint density at radius 1 is 0.800 bits per heavy atom. The van der Waals surface area contributed by atoms with Crippen LogP contribution in [0.2, 0.25) is 0 Å². The molecule has 0 amide bonds. The Bertz CT molecular complexity index is 243. The zero-order valence-corrected chi connectivity index (χ0v) is 17.1. The molecule has 0 spiro atoms. The highest BCUT2D eigenvalue weighted by Gasteiger charge is 1.88. The maximum Gasteiger partial charge on any atom is 0.302 e. The van der Waals surface area contributed by atoms with Crippen LogP contribution in [0.4, 0.5) is 0 Å². The van der Waals surface area contributed by atoms with Crippen LogP contribution in [0, 0.1) is 0 Å². The average Bonchev–Trinajstić information content (AvgIpc) is 2.45. The van der Waals surface area contributed by atoms with E-state index in [-0.39, 0.29) is 30.7 Å². The summed E-state index contributed by atoms with van der Waals surface area (Å²) in [4.78, 5) is 28.9. The van der Waals surface area contributed by atoms with Gasteiger partial charge in [-0.15, -0.1) is 0 Å². The fourth-order valence-electron chi connectivity index (χ4n) is 0.478. The minimum absolute atomic E-state index is 0.133. The predicted octanol–water partition coefficient (Wildman–Crippen LogP) is 1.40. The first kappa shape index (κ1) is 34.9. The van der Waals surface area contributed by atoms with E-state index in [4.69, 9.17) is 14.9 Å². The van der Waals surface area contributed by atoms with Crippen molar-refractivity contribution in [1.82, 2.24) is 0 Å². The van der Waals surface area contributed by atoms with Crippen molar-refractivity contribution in [1.29, 1.82) is 0 Å². The first-order chi connectivity index (χ1) is 11.6. The molecule has 0 aromatic heterocycles. The maximum absolute atomic E-state index is 10.0. The number of hydrogen-bond acceptors (Lipinski definition) is 8. The van der Waals surface area contributed by atoms with E-state index in [1.807, 2.05) is 6.92 Å². The first-order valence-electron chi connectivity index (χ1n) is 7.93. The van der Waals surface area contributed by atoms with E-state index in [1.54, 1.807) is 14.0 Å². The zero-order chi connectivity index (χ0) is 21.1. The molecule has 8 nitrogen and oxygen atoms in total. The Labute approximate surface area is 152 Å². The number of ketones is 2. The van der Waals surface area contributed by atoms with Crippen LogP contribution >= 0.6 is 0 Å². The van der Waals surface area contributed by atoms with E-state index in [1.165, 1.54) is 34.6 Å². The number of methoxy groups -OCH3 is 1. The Morgan fingerprint density at radius 3 is 1.32 bits per heavy atom. The molecule has 0 fully saturated rings. The number of carbonyl (C=O) groups excluding carboxylic acids is 3. The van der Waals surface area contributed by atoms with Crippen LogP contribution in [-0.4, -0.2) is 74.5 Å². The second kappa shape index (κ2) is 38.3. The molecule has 0 atom stereocenters. The largest absolute Gasteiger partial charge is 0.463 e. The number of ether oxygens (including phenoxy) is 3. The molecule has 0 radical (unpaired) electrons. The molecular weight excluding hydrogens is 332 g/mol. The summed E-state index contributed by atoms with van der Waals surface area (Å²) in [5, 5.41) is 15.6. The summed E-state index contributed by atoms with van der Waals surface area (Å²) >= 11 is 0. The van der Waals surface area contributed by atoms with E-state index < -0.39 is 0 Å². The number of carbonyl (C=O) groups is 3. The van der Waals surface area contributed by atoms with Crippen molar-refractivity contribution in [2.45, 2.75) is 48.5 Å². The molecule has 0 rings (SSSR count). The minimum Gasteiger partial charge on any atom is -0.463 e. The van der Waals surface area contributed by atoms with Crippen LogP contribution in [0.3, 0.4) is 0 Å². The third-order valence-electron chi connectivity index (χ3n) is 1.03. The number of hydrogen-bond donors (Lipinski definition) is 2. The van der Waals surface area contributed by atoms with Crippen LogP contribution in [0.1, 0.15) is 48.5 Å². The fraction of sp³-hybridized carbons (Fsp3) is 0.824. The molecule has 0 aliphatic carbocycles. The monoisotopic (exact) mass is 370 g/mol. The number of Topliss-reactive ketones (excluding diaryl/α,β-unsaturated/α-hetero) is 2. The molecule has 0 saturated carbocycles. The zero-order valence-electron chi connectivity index (χ0n) is 17.1. The van der Waals surface area contributed by atoms with Crippen molar-refractivity contribution >= 4 is 17.5 Å². The van der Waals surface area contributed by atoms with Gasteiger partial charge in [-0.25, -0.2) is 0 Å². The van der Waals surface area contributed by atoms with Crippen molar-refractivity contribution in [2.24, 2.45) is 0 Å². The van der Waals surface area contributed by atoms with E-state index in [2.05, 4.69) is 9.47 Å². The average molecular weight is 370 g/mol. The lowest BCUT2D eigenvalue weighted by molar-refractivity contribution is -0.142. The lowest BCUT2D eigenvalue weighted by Crippen LogP contribution is -2.05. The Hall–Kier alpha value is -1.35. The summed E-state index contributed by atoms with van der Waals surface area (Å²) in [6.45, 7) is 13.4. The van der Waals surface area contributed by atoms with Gasteiger partial charge in [0.25, 0.3) is 0 Å². The summed E-state index contributed by atoms with van der Waals surface area (Å²) in [6.07, 6.45) is 0. The lowest BCUT2D eigenvalue weighted by Gasteiger charge is -1.97. The molecule has 0 heterocycles. The number of aliphatic hydroxyl groups is 2. The van der Waals surface area contributed by atoms with Gasteiger partial charge in [-0.3, -0.25) is 4.79 Å². The molecule has 0 aromatic rings. The number of rotatable bonds is 6. The normalized spacial score (nSPS) is 7.76. The SMILES string of the molecule is CC(C)=O.CC(C)=O.CCO.CCOCCO.COCCOC(C)=O. The lowest BCUT2D eigenvalue weighted by atomic mass is 10.6. The Balaban J connectivity index is -0.0000000701. The Kier molecular flexibility index (Phi) is 53.4. The molecule has 154 valence electrons. The smallest absolute Gasteiger partial charge is 0.302 e. The summed E-state index contributed by atoms with van der Waals surface area (Å²) in [5.74, 6) is 0.0713. The van der Waals surface area contributed by atoms with Gasteiger partial charge in [-0.1, -0.05) is 0 Å². The second-order valence-electron chi connectivity index (χ2n) is 4.39. The Morgan fingerprint density at radius 2 is 1.16 bits per heavy atom. The first-order valence-corrected chi connectivity index (χ1v) is 7.93.